The molecule has 1 aromatic heterocycles. The predicted molar refractivity (Wildman–Crippen MR) is 57.2 cm³/mol. The molecule has 0 aromatic carbocycles. The molecule has 3 nitrogen and oxygen atoms in total. The molecule has 1 fully saturated rings. The van der Waals surface area contributed by atoms with Crippen molar-refractivity contribution in [1.82, 2.24) is 15.6 Å². The third-order valence-electron chi connectivity index (χ3n) is 2.63. The van der Waals surface area contributed by atoms with Gasteiger partial charge in [-0.1, -0.05) is 6.07 Å². The topological polar surface area (TPSA) is 37.0 Å². The van der Waals surface area contributed by atoms with Crippen LogP contribution in [0, 0.1) is 0 Å². The number of aromatic nitrogens is 1. The second kappa shape index (κ2) is 5.08. The van der Waals surface area contributed by atoms with Gasteiger partial charge in [0.1, 0.15) is 0 Å². The van der Waals surface area contributed by atoms with Crippen LogP contribution in [0.1, 0.15) is 12.0 Å². The van der Waals surface area contributed by atoms with E-state index in [1.54, 1.807) is 0 Å². The molecule has 2 heterocycles. The van der Waals surface area contributed by atoms with Crippen molar-refractivity contribution < 1.29 is 0 Å². The largest absolute Gasteiger partial charge is 0.315 e. The lowest BCUT2D eigenvalue weighted by atomic mass is 10.2. The van der Waals surface area contributed by atoms with Crippen molar-refractivity contribution >= 4 is 0 Å². The van der Waals surface area contributed by atoms with Crippen LogP contribution in [0.4, 0.5) is 0 Å². The summed E-state index contributed by atoms with van der Waals surface area (Å²) in [6.45, 7) is 3.33. The highest BCUT2D eigenvalue weighted by atomic mass is 15.0. The fraction of sp³-hybridized carbons (Fsp3) is 0.545. The van der Waals surface area contributed by atoms with Gasteiger partial charge in [0.05, 0.1) is 0 Å². The summed E-state index contributed by atoms with van der Waals surface area (Å²) >= 11 is 0. The summed E-state index contributed by atoms with van der Waals surface area (Å²) in [5.41, 5.74) is 1.31. The highest BCUT2D eigenvalue weighted by Gasteiger charge is 2.12. The molecular weight excluding hydrogens is 174 g/mol. The maximum atomic E-state index is 4.09. The molecule has 3 heteroatoms. The molecule has 1 unspecified atom stereocenters. The van der Waals surface area contributed by atoms with Crippen molar-refractivity contribution in [2.75, 3.05) is 19.6 Å². The minimum Gasteiger partial charge on any atom is -0.315 e. The van der Waals surface area contributed by atoms with Gasteiger partial charge in [-0.05, 0) is 37.6 Å². The van der Waals surface area contributed by atoms with E-state index in [9.17, 15) is 0 Å². The minimum absolute atomic E-state index is 0.673. The molecule has 2 rings (SSSR count). The predicted octanol–water partition coefficient (Wildman–Crippen LogP) is 0.576. The van der Waals surface area contributed by atoms with Crippen LogP contribution in [-0.2, 0) is 6.42 Å². The fourth-order valence-electron chi connectivity index (χ4n) is 1.80. The standard InChI is InChI=1S/C11H17N3/c1-2-10(8-12-5-1)3-7-14-11-4-6-13-9-11/h1-2,5,8,11,13-14H,3-4,6-7,9H2. The van der Waals surface area contributed by atoms with Crippen LogP contribution in [0.15, 0.2) is 24.5 Å². The van der Waals surface area contributed by atoms with E-state index < -0.39 is 0 Å². The minimum atomic E-state index is 0.673. The Kier molecular flexibility index (Phi) is 3.49. The van der Waals surface area contributed by atoms with Gasteiger partial charge in [0.15, 0.2) is 0 Å². The second-order valence-corrected chi connectivity index (χ2v) is 3.76. The van der Waals surface area contributed by atoms with E-state index in [1.165, 1.54) is 12.0 Å². The molecule has 1 atom stereocenters. The highest BCUT2D eigenvalue weighted by Crippen LogP contribution is 1.99. The van der Waals surface area contributed by atoms with Crippen molar-refractivity contribution in [3.63, 3.8) is 0 Å². The molecule has 1 aromatic rings. The first kappa shape index (κ1) is 9.62. The molecule has 0 aliphatic carbocycles. The van der Waals surface area contributed by atoms with Crippen LogP contribution in [0.5, 0.6) is 0 Å². The van der Waals surface area contributed by atoms with Crippen LogP contribution in [0.3, 0.4) is 0 Å². The molecule has 1 aliphatic heterocycles. The summed E-state index contributed by atoms with van der Waals surface area (Å²) in [5, 5.41) is 6.89. The van der Waals surface area contributed by atoms with E-state index in [4.69, 9.17) is 0 Å². The Morgan fingerprint density at radius 3 is 3.29 bits per heavy atom. The maximum absolute atomic E-state index is 4.09. The van der Waals surface area contributed by atoms with Gasteiger partial charge in [0, 0.05) is 25.0 Å². The lowest BCUT2D eigenvalue weighted by molar-refractivity contribution is 0.550. The number of pyridine rings is 1. The number of hydrogen-bond acceptors (Lipinski definition) is 3. The van der Waals surface area contributed by atoms with E-state index in [1.807, 2.05) is 18.5 Å². The summed E-state index contributed by atoms with van der Waals surface area (Å²) in [4.78, 5) is 4.09. The highest BCUT2D eigenvalue weighted by molar-refractivity contribution is 5.08. The summed E-state index contributed by atoms with van der Waals surface area (Å²) in [6.07, 6.45) is 6.09. The third-order valence-corrected chi connectivity index (χ3v) is 2.63. The zero-order chi connectivity index (χ0) is 9.64. The van der Waals surface area contributed by atoms with Crippen LogP contribution in [-0.4, -0.2) is 30.7 Å². The van der Waals surface area contributed by atoms with E-state index in [0.717, 1.165) is 26.1 Å². The molecule has 76 valence electrons. The molecule has 1 saturated heterocycles. The Bertz CT molecular complexity index is 254. The van der Waals surface area contributed by atoms with Gasteiger partial charge in [0.25, 0.3) is 0 Å². The van der Waals surface area contributed by atoms with Gasteiger partial charge >= 0.3 is 0 Å². The van der Waals surface area contributed by atoms with Gasteiger partial charge < -0.3 is 10.6 Å². The van der Waals surface area contributed by atoms with Gasteiger partial charge in [-0.2, -0.15) is 0 Å². The molecule has 1 aliphatic rings. The van der Waals surface area contributed by atoms with Gasteiger partial charge in [-0.15, -0.1) is 0 Å². The van der Waals surface area contributed by atoms with Crippen LogP contribution in [0.2, 0.25) is 0 Å². The van der Waals surface area contributed by atoms with Gasteiger partial charge in [-0.3, -0.25) is 4.98 Å². The first-order chi connectivity index (χ1) is 6.95. The normalized spacial score (nSPS) is 21.3. The Morgan fingerprint density at radius 2 is 2.57 bits per heavy atom. The quantitative estimate of drug-likeness (QED) is 0.731. The Labute approximate surface area is 84.9 Å². The monoisotopic (exact) mass is 191 g/mol. The molecule has 14 heavy (non-hydrogen) atoms. The average Bonchev–Trinajstić information content (AvgIpc) is 2.72. The molecule has 0 saturated carbocycles. The lowest BCUT2D eigenvalue weighted by Gasteiger charge is -2.10. The zero-order valence-electron chi connectivity index (χ0n) is 8.37. The first-order valence-electron chi connectivity index (χ1n) is 5.28. The number of nitrogens with zero attached hydrogens (tertiary/aromatic N) is 1. The summed E-state index contributed by atoms with van der Waals surface area (Å²) in [7, 11) is 0. The van der Waals surface area contributed by atoms with Gasteiger partial charge in [0.2, 0.25) is 0 Å². The van der Waals surface area contributed by atoms with Crippen LogP contribution < -0.4 is 10.6 Å². The van der Waals surface area contributed by atoms with Crippen molar-refractivity contribution in [2.45, 2.75) is 18.9 Å². The average molecular weight is 191 g/mol. The van der Waals surface area contributed by atoms with Crippen molar-refractivity contribution in [2.24, 2.45) is 0 Å². The van der Waals surface area contributed by atoms with E-state index in [0.29, 0.717) is 6.04 Å². The molecule has 0 bridgehead atoms. The zero-order valence-corrected chi connectivity index (χ0v) is 8.37. The Balaban J connectivity index is 1.67. The van der Waals surface area contributed by atoms with Crippen LogP contribution in [0.25, 0.3) is 0 Å². The van der Waals surface area contributed by atoms with Gasteiger partial charge in [-0.25, -0.2) is 0 Å². The van der Waals surface area contributed by atoms with Crippen molar-refractivity contribution in [1.29, 1.82) is 0 Å². The molecule has 0 amide bonds. The SMILES string of the molecule is c1cncc(CCNC2CCNC2)c1. The number of hydrogen-bond donors (Lipinski definition) is 2. The van der Waals surface area contributed by atoms with Crippen LogP contribution >= 0.6 is 0 Å². The fourth-order valence-corrected chi connectivity index (χ4v) is 1.80. The second-order valence-electron chi connectivity index (χ2n) is 3.76. The van der Waals surface area contributed by atoms with E-state index >= 15 is 0 Å². The van der Waals surface area contributed by atoms with E-state index in [-0.39, 0.29) is 0 Å². The third kappa shape index (κ3) is 2.79. The van der Waals surface area contributed by atoms with E-state index in [2.05, 4.69) is 21.7 Å². The summed E-state index contributed by atoms with van der Waals surface area (Å²) in [6, 6.07) is 4.79. The number of nitrogens with one attached hydrogen (secondary N) is 2. The molecular formula is C11H17N3. The Morgan fingerprint density at radius 1 is 1.57 bits per heavy atom. The molecule has 0 spiro atoms. The smallest absolute Gasteiger partial charge is 0.0300 e. The first-order valence-corrected chi connectivity index (χ1v) is 5.28. The van der Waals surface area contributed by atoms with Crippen molar-refractivity contribution in [3.05, 3.63) is 30.1 Å². The Hall–Kier alpha value is -0.930. The molecule has 2 N–H and O–H groups in total. The number of rotatable bonds is 4. The molecule has 0 radical (unpaired) electrons. The van der Waals surface area contributed by atoms with Crippen molar-refractivity contribution in [3.8, 4) is 0 Å². The lowest BCUT2D eigenvalue weighted by Crippen LogP contribution is -2.32. The summed E-state index contributed by atoms with van der Waals surface area (Å²) < 4.78 is 0. The summed E-state index contributed by atoms with van der Waals surface area (Å²) in [5.74, 6) is 0. The maximum Gasteiger partial charge on any atom is 0.0300 e.